The van der Waals surface area contributed by atoms with E-state index >= 15 is 0 Å². The number of nitrogens with one attached hydrogen (secondary N) is 1. The maximum absolute atomic E-state index is 10.1. The van der Waals surface area contributed by atoms with Crippen LogP contribution in [0.15, 0.2) is 0 Å². The number of hydrogen-bond donors (Lipinski definition) is 3. The van der Waals surface area contributed by atoms with E-state index in [9.17, 15) is 5.11 Å². The maximum atomic E-state index is 10.1. The van der Waals surface area contributed by atoms with Gasteiger partial charge in [0.15, 0.2) is 0 Å². The van der Waals surface area contributed by atoms with E-state index in [0.29, 0.717) is 16.9 Å². The van der Waals surface area contributed by atoms with Crippen molar-refractivity contribution in [3.05, 3.63) is 0 Å². The van der Waals surface area contributed by atoms with Crippen LogP contribution in [0.25, 0.3) is 0 Å². The molecule has 0 unspecified atom stereocenters. The lowest BCUT2D eigenvalue weighted by molar-refractivity contribution is -0.123. The minimum absolute atomic E-state index is 0.0233. The van der Waals surface area contributed by atoms with Crippen LogP contribution in [-0.4, -0.2) is 30.3 Å². The predicted octanol–water partition coefficient (Wildman–Crippen LogP) is 3.31. The average Bonchev–Trinajstić information content (AvgIpc) is 2.90. The molecule has 0 aromatic rings. The summed E-state index contributed by atoms with van der Waals surface area (Å²) in [6.07, 6.45) is 11.7. The summed E-state index contributed by atoms with van der Waals surface area (Å²) in [5.41, 5.74) is 6.74. The Morgan fingerprint density at radius 1 is 0.958 bits per heavy atom. The molecule has 0 amide bonds. The quantitative estimate of drug-likeness (QED) is 0.742. The normalized spacial score (nSPS) is 54.0. The van der Waals surface area contributed by atoms with E-state index in [0.717, 1.165) is 49.6 Å². The molecule has 3 nitrogen and oxygen atoms in total. The van der Waals surface area contributed by atoms with Crippen molar-refractivity contribution in [1.82, 2.24) is 5.32 Å². The fraction of sp³-hybridized carbons (Fsp3) is 1.00. The molecule has 0 bridgehead atoms. The van der Waals surface area contributed by atoms with Crippen molar-refractivity contribution in [2.24, 2.45) is 40.2 Å². The number of hydrogen-bond acceptors (Lipinski definition) is 3. The molecular weight excluding hydrogens is 296 g/mol. The monoisotopic (exact) mass is 334 g/mol. The van der Waals surface area contributed by atoms with Crippen LogP contribution < -0.4 is 11.1 Å². The minimum Gasteiger partial charge on any atom is -0.393 e. The Kier molecular flexibility index (Phi) is 4.50. The number of aliphatic hydroxyl groups excluding tert-OH is 1. The molecule has 0 radical (unpaired) electrons. The summed E-state index contributed by atoms with van der Waals surface area (Å²) in [5.74, 6) is 3.54. The highest BCUT2D eigenvalue weighted by Crippen LogP contribution is 2.66. The second kappa shape index (κ2) is 6.25. The summed E-state index contributed by atoms with van der Waals surface area (Å²) < 4.78 is 0. The van der Waals surface area contributed by atoms with Gasteiger partial charge in [-0.25, -0.2) is 0 Å². The largest absolute Gasteiger partial charge is 0.393 e. The molecule has 8 atom stereocenters. The zero-order chi connectivity index (χ0) is 16.9. The second-order valence-corrected chi connectivity index (χ2v) is 10.0. The van der Waals surface area contributed by atoms with Crippen LogP contribution in [0.1, 0.15) is 71.6 Å². The molecular formula is C21H38N2O. The van der Waals surface area contributed by atoms with Crippen LogP contribution in [0.4, 0.5) is 0 Å². The van der Waals surface area contributed by atoms with E-state index in [4.69, 9.17) is 5.73 Å². The summed E-state index contributed by atoms with van der Waals surface area (Å²) in [4.78, 5) is 0. The van der Waals surface area contributed by atoms with Gasteiger partial charge in [0.05, 0.1) is 6.10 Å². The Morgan fingerprint density at radius 3 is 2.50 bits per heavy atom. The summed E-state index contributed by atoms with van der Waals surface area (Å²) in [6.45, 7) is 6.89. The van der Waals surface area contributed by atoms with Gasteiger partial charge < -0.3 is 16.2 Å². The lowest BCUT2D eigenvalue weighted by Gasteiger charge is -2.61. The van der Waals surface area contributed by atoms with Crippen molar-refractivity contribution in [3.8, 4) is 0 Å². The Morgan fingerprint density at radius 2 is 1.71 bits per heavy atom. The van der Waals surface area contributed by atoms with Crippen LogP contribution in [0, 0.1) is 34.5 Å². The molecule has 0 spiro atoms. The van der Waals surface area contributed by atoms with Crippen LogP contribution in [0.3, 0.4) is 0 Å². The smallest absolute Gasteiger partial charge is 0.0543 e. The van der Waals surface area contributed by atoms with Gasteiger partial charge in [0.1, 0.15) is 0 Å². The molecule has 3 heteroatoms. The highest BCUT2D eigenvalue weighted by molar-refractivity contribution is 5.10. The number of aliphatic hydroxyl groups is 1. The molecule has 0 aromatic heterocycles. The summed E-state index contributed by atoms with van der Waals surface area (Å²) in [6, 6.07) is 0.686. The molecule has 0 heterocycles. The minimum atomic E-state index is -0.0233. The zero-order valence-electron chi connectivity index (χ0n) is 15.8. The maximum Gasteiger partial charge on any atom is 0.0543 e. The van der Waals surface area contributed by atoms with E-state index in [-0.39, 0.29) is 6.10 Å². The Bertz CT molecular complexity index is 469. The molecule has 24 heavy (non-hydrogen) atoms. The first-order valence-corrected chi connectivity index (χ1v) is 10.6. The van der Waals surface area contributed by atoms with Crippen LogP contribution in [-0.2, 0) is 0 Å². The fourth-order valence-electron chi connectivity index (χ4n) is 7.83. The van der Waals surface area contributed by atoms with Crippen molar-refractivity contribution in [2.45, 2.75) is 83.8 Å². The SMILES string of the molecule is C[C@]12CC[C@@H](O)C[C@@H]1CC[C@@H]1[C@H]3CC[C@H](NCCN)[C@@]3(C)CC[C@@H]12. The van der Waals surface area contributed by atoms with Gasteiger partial charge in [-0.2, -0.15) is 0 Å². The molecule has 4 rings (SSSR count). The van der Waals surface area contributed by atoms with E-state index in [1.807, 2.05) is 0 Å². The van der Waals surface area contributed by atoms with Crippen LogP contribution in [0.2, 0.25) is 0 Å². The van der Waals surface area contributed by atoms with Gasteiger partial charge in [-0.05, 0) is 92.3 Å². The first-order valence-electron chi connectivity index (χ1n) is 10.6. The van der Waals surface area contributed by atoms with Gasteiger partial charge in [-0.15, -0.1) is 0 Å². The van der Waals surface area contributed by atoms with Crippen molar-refractivity contribution in [2.75, 3.05) is 13.1 Å². The first kappa shape index (κ1) is 17.3. The van der Waals surface area contributed by atoms with E-state index in [2.05, 4.69) is 19.2 Å². The lowest BCUT2D eigenvalue weighted by Crippen LogP contribution is -2.56. The summed E-state index contributed by atoms with van der Waals surface area (Å²) in [5, 5.41) is 13.9. The van der Waals surface area contributed by atoms with Gasteiger partial charge in [0, 0.05) is 19.1 Å². The molecule has 4 aliphatic carbocycles. The molecule has 4 N–H and O–H groups in total. The molecule has 0 saturated heterocycles. The van der Waals surface area contributed by atoms with E-state index in [1.54, 1.807) is 0 Å². The number of rotatable bonds is 3. The zero-order valence-corrected chi connectivity index (χ0v) is 15.8. The second-order valence-electron chi connectivity index (χ2n) is 10.0. The van der Waals surface area contributed by atoms with Gasteiger partial charge >= 0.3 is 0 Å². The van der Waals surface area contributed by atoms with E-state index < -0.39 is 0 Å². The van der Waals surface area contributed by atoms with E-state index in [1.165, 1.54) is 44.9 Å². The average molecular weight is 335 g/mol. The highest BCUT2D eigenvalue weighted by atomic mass is 16.3. The summed E-state index contributed by atoms with van der Waals surface area (Å²) in [7, 11) is 0. The molecule has 138 valence electrons. The Balaban J connectivity index is 1.54. The fourth-order valence-corrected chi connectivity index (χ4v) is 7.83. The topological polar surface area (TPSA) is 58.3 Å². The van der Waals surface area contributed by atoms with Crippen molar-refractivity contribution in [1.29, 1.82) is 0 Å². The van der Waals surface area contributed by atoms with Crippen LogP contribution in [0.5, 0.6) is 0 Å². The van der Waals surface area contributed by atoms with Gasteiger partial charge in [0.25, 0.3) is 0 Å². The first-order chi connectivity index (χ1) is 11.5. The molecule has 0 aromatic carbocycles. The molecule has 0 aliphatic heterocycles. The van der Waals surface area contributed by atoms with Crippen molar-refractivity contribution >= 4 is 0 Å². The Hall–Kier alpha value is -0.120. The molecule has 4 fully saturated rings. The standard InChI is InChI=1S/C21H38N2O/c1-20-9-7-15(24)13-14(20)3-4-16-17-5-6-19(23-12-11-22)21(17,2)10-8-18(16)20/h14-19,23-24H,3-13,22H2,1-2H3/t14-,15+,16+,17+,18-,19-,20-,21-/m0/s1. The third-order valence-electron chi connectivity index (χ3n) is 9.17. The number of fused-ring (bicyclic) bond motifs is 5. The summed E-state index contributed by atoms with van der Waals surface area (Å²) >= 11 is 0. The third-order valence-corrected chi connectivity index (χ3v) is 9.17. The third kappa shape index (κ3) is 2.49. The highest BCUT2D eigenvalue weighted by Gasteiger charge is 2.59. The predicted molar refractivity (Wildman–Crippen MR) is 98.6 cm³/mol. The van der Waals surface area contributed by atoms with Gasteiger partial charge in [-0.1, -0.05) is 13.8 Å². The number of nitrogens with two attached hydrogens (primary N) is 1. The van der Waals surface area contributed by atoms with Crippen molar-refractivity contribution < 1.29 is 5.11 Å². The van der Waals surface area contributed by atoms with Crippen LogP contribution >= 0.6 is 0 Å². The molecule has 4 aliphatic rings. The van der Waals surface area contributed by atoms with Crippen molar-refractivity contribution in [3.63, 3.8) is 0 Å². The Labute approximate surface area is 148 Å². The van der Waals surface area contributed by atoms with Gasteiger partial charge in [0.2, 0.25) is 0 Å². The van der Waals surface area contributed by atoms with Gasteiger partial charge in [-0.3, -0.25) is 0 Å². The molecule has 4 saturated carbocycles. The lowest BCUT2D eigenvalue weighted by atomic mass is 9.45.